The van der Waals surface area contributed by atoms with E-state index in [9.17, 15) is 4.79 Å². The van der Waals surface area contributed by atoms with Gasteiger partial charge in [0, 0.05) is 21.9 Å². The number of benzene rings is 1. The maximum atomic E-state index is 11.0. The van der Waals surface area contributed by atoms with Crippen molar-refractivity contribution < 1.29 is 9.90 Å². The number of hydrogen-bond donors (Lipinski definition) is 1. The lowest BCUT2D eigenvalue weighted by molar-refractivity contribution is -0.138. The first-order valence-electron chi connectivity index (χ1n) is 8.60. The smallest absolute Gasteiger partial charge is 0.304 e. The largest absolute Gasteiger partial charge is 0.481 e. The zero-order valence-electron chi connectivity index (χ0n) is 14.0. The van der Waals surface area contributed by atoms with Crippen LogP contribution in [0.3, 0.4) is 0 Å². The summed E-state index contributed by atoms with van der Waals surface area (Å²) in [4.78, 5) is 14.6. The van der Waals surface area contributed by atoms with Gasteiger partial charge in [0.2, 0.25) is 0 Å². The number of halogens is 1. The Labute approximate surface area is 161 Å². The van der Waals surface area contributed by atoms with Crippen molar-refractivity contribution in [2.75, 3.05) is 13.1 Å². The Morgan fingerprint density at radius 1 is 1.32 bits per heavy atom. The normalized spacial score (nSPS) is 18.6. The van der Waals surface area contributed by atoms with E-state index in [1.54, 1.807) is 11.3 Å². The van der Waals surface area contributed by atoms with Gasteiger partial charge in [0.25, 0.3) is 0 Å². The SMILES string of the molecule is O=C(O)C[C@@H]1CCCN1CCC=C(c1ccccc1)c1sccc1Br. The Bertz CT molecular complexity index is 741. The van der Waals surface area contributed by atoms with E-state index in [2.05, 4.69) is 62.6 Å². The van der Waals surface area contributed by atoms with E-state index in [1.165, 1.54) is 16.0 Å². The standard InChI is InChI=1S/C20H22BrNO2S/c21-18-10-13-25-20(18)17(15-6-2-1-3-7-15)9-5-12-22-11-4-8-16(22)14-19(23)24/h1-3,6-7,9-10,13,16H,4-5,8,11-12,14H2,(H,23,24)/t16-/m0/s1. The molecule has 3 nitrogen and oxygen atoms in total. The average Bonchev–Trinajstić information content (AvgIpc) is 3.21. The van der Waals surface area contributed by atoms with Crippen LogP contribution in [0.4, 0.5) is 0 Å². The number of carbonyl (C=O) groups is 1. The lowest BCUT2D eigenvalue weighted by atomic mass is 10.0. The van der Waals surface area contributed by atoms with Crippen molar-refractivity contribution in [1.82, 2.24) is 4.90 Å². The van der Waals surface area contributed by atoms with Crippen LogP contribution < -0.4 is 0 Å². The third-order valence-electron chi connectivity index (χ3n) is 4.62. The van der Waals surface area contributed by atoms with Crippen LogP contribution in [0.15, 0.2) is 52.3 Å². The lowest BCUT2D eigenvalue weighted by Crippen LogP contribution is -2.32. The predicted octanol–water partition coefficient (Wildman–Crippen LogP) is 5.27. The van der Waals surface area contributed by atoms with Gasteiger partial charge in [-0.3, -0.25) is 9.69 Å². The second-order valence-corrected chi connectivity index (χ2v) is 8.07. The summed E-state index contributed by atoms with van der Waals surface area (Å²) in [6, 6.07) is 12.7. The molecule has 0 aliphatic carbocycles. The van der Waals surface area contributed by atoms with Gasteiger partial charge in [0.15, 0.2) is 0 Å². The molecule has 1 N–H and O–H groups in total. The Morgan fingerprint density at radius 2 is 2.12 bits per heavy atom. The quantitative estimate of drug-likeness (QED) is 0.663. The molecule has 0 unspecified atom stereocenters. The molecule has 25 heavy (non-hydrogen) atoms. The zero-order chi connectivity index (χ0) is 17.6. The number of thiophene rings is 1. The fourth-order valence-corrected chi connectivity index (χ4v) is 5.09. The van der Waals surface area contributed by atoms with E-state index in [4.69, 9.17) is 5.11 Å². The fourth-order valence-electron chi connectivity index (χ4n) is 3.44. The summed E-state index contributed by atoms with van der Waals surface area (Å²) in [7, 11) is 0. The second kappa shape index (κ2) is 8.79. The predicted molar refractivity (Wildman–Crippen MR) is 107 cm³/mol. The van der Waals surface area contributed by atoms with Gasteiger partial charge in [-0.15, -0.1) is 11.3 Å². The highest BCUT2D eigenvalue weighted by Gasteiger charge is 2.25. The van der Waals surface area contributed by atoms with Gasteiger partial charge in [0.05, 0.1) is 6.42 Å². The molecule has 1 aromatic carbocycles. The number of carboxylic acid groups (broad SMARTS) is 1. The van der Waals surface area contributed by atoms with E-state index < -0.39 is 5.97 Å². The topological polar surface area (TPSA) is 40.5 Å². The van der Waals surface area contributed by atoms with Crippen molar-refractivity contribution in [3.8, 4) is 0 Å². The highest BCUT2D eigenvalue weighted by atomic mass is 79.9. The Kier molecular flexibility index (Phi) is 6.45. The van der Waals surface area contributed by atoms with Crippen LogP contribution >= 0.6 is 27.3 Å². The highest BCUT2D eigenvalue weighted by molar-refractivity contribution is 9.10. The molecule has 3 rings (SSSR count). The van der Waals surface area contributed by atoms with Crippen molar-refractivity contribution in [3.63, 3.8) is 0 Å². The summed E-state index contributed by atoms with van der Waals surface area (Å²) in [6.07, 6.45) is 5.57. The van der Waals surface area contributed by atoms with Crippen molar-refractivity contribution in [3.05, 3.63) is 62.8 Å². The number of likely N-dealkylation sites (tertiary alicyclic amines) is 1. The van der Waals surface area contributed by atoms with Gasteiger partial charge in [0.1, 0.15) is 0 Å². The minimum Gasteiger partial charge on any atom is -0.481 e. The molecule has 132 valence electrons. The summed E-state index contributed by atoms with van der Waals surface area (Å²) in [6.45, 7) is 1.92. The molecule has 0 amide bonds. The zero-order valence-corrected chi connectivity index (χ0v) is 16.4. The first kappa shape index (κ1) is 18.4. The van der Waals surface area contributed by atoms with Gasteiger partial charge in [-0.1, -0.05) is 36.4 Å². The molecule has 0 spiro atoms. The molecule has 1 atom stereocenters. The van der Waals surface area contributed by atoms with E-state index in [0.29, 0.717) is 0 Å². The number of rotatable bonds is 7. The molecule has 2 aromatic rings. The number of hydrogen-bond acceptors (Lipinski definition) is 3. The summed E-state index contributed by atoms with van der Waals surface area (Å²) in [5.41, 5.74) is 2.46. The molecule has 0 saturated carbocycles. The van der Waals surface area contributed by atoms with Crippen molar-refractivity contribution >= 4 is 38.8 Å². The Morgan fingerprint density at radius 3 is 2.80 bits per heavy atom. The second-order valence-electron chi connectivity index (χ2n) is 6.30. The molecule has 1 aromatic heterocycles. The minimum absolute atomic E-state index is 0.194. The van der Waals surface area contributed by atoms with Crippen LogP contribution in [0.2, 0.25) is 0 Å². The van der Waals surface area contributed by atoms with Gasteiger partial charge < -0.3 is 5.11 Å². The third-order valence-corrected chi connectivity index (χ3v) is 6.49. The van der Waals surface area contributed by atoms with Crippen LogP contribution in [-0.4, -0.2) is 35.1 Å². The molecule has 5 heteroatoms. The molecule has 0 bridgehead atoms. The summed E-state index contributed by atoms with van der Waals surface area (Å²) in [5.74, 6) is -0.695. The highest BCUT2D eigenvalue weighted by Crippen LogP contribution is 2.34. The van der Waals surface area contributed by atoms with Crippen LogP contribution in [0.1, 0.15) is 36.1 Å². The first-order chi connectivity index (χ1) is 12.1. The molecule has 1 fully saturated rings. The molecule has 0 radical (unpaired) electrons. The molecule has 1 aliphatic heterocycles. The Balaban J connectivity index is 1.74. The van der Waals surface area contributed by atoms with Crippen LogP contribution in [-0.2, 0) is 4.79 Å². The number of aliphatic carboxylic acids is 1. The van der Waals surface area contributed by atoms with Crippen LogP contribution in [0, 0.1) is 0 Å². The number of nitrogens with zero attached hydrogens (tertiary/aromatic N) is 1. The van der Waals surface area contributed by atoms with Crippen LogP contribution in [0.5, 0.6) is 0 Å². The van der Waals surface area contributed by atoms with E-state index in [0.717, 1.165) is 36.8 Å². The fraction of sp³-hybridized carbons (Fsp3) is 0.350. The van der Waals surface area contributed by atoms with E-state index in [-0.39, 0.29) is 12.5 Å². The molecular weight excluding hydrogens is 398 g/mol. The lowest BCUT2D eigenvalue weighted by Gasteiger charge is -2.22. The van der Waals surface area contributed by atoms with Gasteiger partial charge in [-0.25, -0.2) is 0 Å². The molecule has 1 saturated heterocycles. The van der Waals surface area contributed by atoms with Crippen molar-refractivity contribution in [2.45, 2.75) is 31.7 Å². The summed E-state index contributed by atoms with van der Waals surface area (Å²) in [5, 5.41) is 11.2. The molecular formula is C20H22BrNO2S. The molecule has 2 heterocycles. The minimum atomic E-state index is -0.695. The summed E-state index contributed by atoms with van der Waals surface area (Å²) >= 11 is 5.39. The van der Waals surface area contributed by atoms with E-state index >= 15 is 0 Å². The van der Waals surface area contributed by atoms with Gasteiger partial charge in [-0.2, -0.15) is 0 Å². The van der Waals surface area contributed by atoms with Crippen molar-refractivity contribution in [2.24, 2.45) is 0 Å². The van der Waals surface area contributed by atoms with Crippen molar-refractivity contribution in [1.29, 1.82) is 0 Å². The molecule has 1 aliphatic rings. The maximum Gasteiger partial charge on any atom is 0.304 e. The van der Waals surface area contributed by atoms with Crippen LogP contribution in [0.25, 0.3) is 5.57 Å². The number of carboxylic acids is 1. The monoisotopic (exact) mass is 419 g/mol. The van der Waals surface area contributed by atoms with E-state index in [1.807, 2.05) is 6.07 Å². The summed E-state index contributed by atoms with van der Waals surface area (Å²) < 4.78 is 1.12. The average molecular weight is 420 g/mol. The van der Waals surface area contributed by atoms with Gasteiger partial charge in [-0.05, 0) is 64.3 Å². The maximum absolute atomic E-state index is 11.0. The first-order valence-corrected chi connectivity index (χ1v) is 10.3. The third kappa shape index (κ3) is 4.81. The Hall–Kier alpha value is -1.43. The van der Waals surface area contributed by atoms with Gasteiger partial charge >= 0.3 is 5.97 Å².